The second-order valence-corrected chi connectivity index (χ2v) is 6.22. The van der Waals surface area contributed by atoms with Crippen LogP contribution in [0, 0.1) is 15.2 Å². The summed E-state index contributed by atoms with van der Waals surface area (Å²) in [5.74, 6) is -0.660. The minimum Gasteiger partial charge on any atom is -0.493 e. The van der Waals surface area contributed by atoms with Gasteiger partial charge >= 0.3 is 0 Å². The number of rotatable bonds is 4. The van der Waals surface area contributed by atoms with E-state index in [0.29, 0.717) is 12.4 Å². The molecule has 1 atom stereocenters. The van der Waals surface area contributed by atoms with Gasteiger partial charge in [0.15, 0.2) is 0 Å². The standard InChI is InChI=1S/C17H14F2INO2/c1-2-22-15-8-10(20)6-7-11(15)14-9-23-17(21-14)16-12(18)4-3-5-13(16)19/h3-8,14H,2,9H2,1H3. The molecule has 3 nitrogen and oxygen atoms in total. The molecule has 3 rings (SSSR count). The smallest absolute Gasteiger partial charge is 0.222 e. The third kappa shape index (κ3) is 3.31. The van der Waals surface area contributed by atoms with E-state index in [2.05, 4.69) is 27.6 Å². The molecule has 0 aliphatic carbocycles. The number of hydrogen-bond acceptors (Lipinski definition) is 3. The molecular formula is C17H14F2INO2. The predicted octanol–water partition coefficient (Wildman–Crippen LogP) is 4.49. The molecule has 0 saturated carbocycles. The Balaban J connectivity index is 1.97. The lowest BCUT2D eigenvalue weighted by molar-refractivity contribution is 0.305. The number of ether oxygens (including phenoxy) is 2. The van der Waals surface area contributed by atoms with E-state index in [1.54, 1.807) is 0 Å². The Morgan fingerprint density at radius 2 is 2.00 bits per heavy atom. The summed E-state index contributed by atoms with van der Waals surface area (Å²) in [6.45, 7) is 2.65. The average Bonchev–Trinajstić information content (AvgIpc) is 2.97. The molecule has 1 aliphatic rings. The topological polar surface area (TPSA) is 30.8 Å². The first-order chi connectivity index (χ1) is 11.1. The minimum atomic E-state index is -0.683. The van der Waals surface area contributed by atoms with Crippen LogP contribution in [0.3, 0.4) is 0 Å². The summed E-state index contributed by atoms with van der Waals surface area (Å²) < 4.78 is 39.8. The van der Waals surface area contributed by atoms with Gasteiger partial charge in [-0.05, 0) is 53.8 Å². The van der Waals surface area contributed by atoms with Gasteiger partial charge in [-0.1, -0.05) is 12.1 Å². The van der Waals surface area contributed by atoms with Crippen molar-refractivity contribution in [3.05, 3.63) is 62.7 Å². The van der Waals surface area contributed by atoms with Gasteiger partial charge in [0.1, 0.15) is 35.6 Å². The van der Waals surface area contributed by atoms with E-state index in [0.717, 1.165) is 9.13 Å². The highest BCUT2D eigenvalue weighted by molar-refractivity contribution is 14.1. The molecule has 120 valence electrons. The fraction of sp³-hybridized carbons (Fsp3) is 0.235. The molecule has 2 aromatic rings. The van der Waals surface area contributed by atoms with Gasteiger partial charge in [0.2, 0.25) is 5.90 Å². The van der Waals surface area contributed by atoms with Crippen molar-refractivity contribution in [2.75, 3.05) is 13.2 Å². The lowest BCUT2D eigenvalue weighted by Gasteiger charge is -2.13. The Bertz CT molecular complexity index is 744. The van der Waals surface area contributed by atoms with Crippen molar-refractivity contribution in [2.24, 2.45) is 4.99 Å². The van der Waals surface area contributed by atoms with Crippen LogP contribution in [0.4, 0.5) is 8.78 Å². The Morgan fingerprint density at radius 1 is 1.26 bits per heavy atom. The van der Waals surface area contributed by atoms with Gasteiger partial charge in [0.25, 0.3) is 0 Å². The normalized spacial score (nSPS) is 16.9. The molecular weight excluding hydrogens is 415 g/mol. The third-order valence-corrected chi connectivity index (χ3v) is 4.13. The molecule has 0 spiro atoms. The van der Waals surface area contributed by atoms with E-state index >= 15 is 0 Å². The molecule has 6 heteroatoms. The minimum absolute atomic E-state index is 0.00778. The highest BCUT2D eigenvalue weighted by Crippen LogP contribution is 2.33. The van der Waals surface area contributed by atoms with Gasteiger partial charge in [0.05, 0.1) is 6.61 Å². The molecule has 0 saturated heterocycles. The molecule has 0 bridgehead atoms. The predicted molar refractivity (Wildman–Crippen MR) is 91.9 cm³/mol. The van der Waals surface area contributed by atoms with E-state index in [1.807, 2.05) is 25.1 Å². The van der Waals surface area contributed by atoms with Crippen molar-refractivity contribution >= 4 is 28.5 Å². The zero-order chi connectivity index (χ0) is 16.4. The second-order valence-electron chi connectivity index (χ2n) is 4.97. The highest BCUT2D eigenvalue weighted by Gasteiger charge is 2.27. The number of benzene rings is 2. The first kappa shape index (κ1) is 16.2. The summed E-state index contributed by atoms with van der Waals surface area (Å²) in [6, 6.07) is 9.11. The maximum absolute atomic E-state index is 13.9. The number of halogens is 3. The monoisotopic (exact) mass is 429 g/mol. The summed E-state index contributed by atoms with van der Waals surface area (Å²) in [5.41, 5.74) is 0.623. The van der Waals surface area contributed by atoms with E-state index in [1.165, 1.54) is 18.2 Å². The summed E-state index contributed by atoms with van der Waals surface area (Å²) in [5, 5.41) is 0. The lowest BCUT2D eigenvalue weighted by atomic mass is 10.1. The van der Waals surface area contributed by atoms with Crippen molar-refractivity contribution in [1.29, 1.82) is 0 Å². The fourth-order valence-electron chi connectivity index (χ4n) is 2.44. The van der Waals surface area contributed by atoms with E-state index in [-0.39, 0.29) is 24.1 Å². The van der Waals surface area contributed by atoms with Crippen LogP contribution in [0.25, 0.3) is 0 Å². The van der Waals surface area contributed by atoms with Crippen LogP contribution < -0.4 is 4.74 Å². The van der Waals surface area contributed by atoms with Crippen LogP contribution in [0.5, 0.6) is 5.75 Å². The largest absolute Gasteiger partial charge is 0.493 e. The van der Waals surface area contributed by atoms with E-state index in [4.69, 9.17) is 9.47 Å². The molecule has 0 amide bonds. The summed E-state index contributed by atoms with van der Waals surface area (Å²) >= 11 is 2.20. The van der Waals surface area contributed by atoms with E-state index in [9.17, 15) is 8.78 Å². The Hall–Kier alpha value is -1.70. The van der Waals surface area contributed by atoms with Crippen molar-refractivity contribution in [3.63, 3.8) is 0 Å². The van der Waals surface area contributed by atoms with Gasteiger partial charge in [-0.25, -0.2) is 13.8 Å². The Labute approximate surface area is 146 Å². The first-order valence-electron chi connectivity index (χ1n) is 7.17. The maximum Gasteiger partial charge on any atom is 0.222 e. The van der Waals surface area contributed by atoms with Crippen molar-refractivity contribution < 1.29 is 18.3 Å². The molecule has 1 aliphatic heterocycles. The zero-order valence-electron chi connectivity index (χ0n) is 12.4. The van der Waals surface area contributed by atoms with Crippen LogP contribution in [-0.4, -0.2) is 19.1 Å². The van der Waals surface area contributed by atoms with Gasteiger partial charge in [0, 0.05) is 9.13 Å². The van der Waals surface area contributed by atoms with Crippen LogP contribution in [0.2, 0.25) is 0 Å². The lowest BCUT2D eigenvalue weighted by Crippen LogP contribution is -2.07. The quantitative estimate of drug-likeness (QED) is 0.671. The first-order valence-corrected chi connectivity index (χ1v) is 8.25. The van der Waals surface area contributed by atoms with Gasteiger partial charge in [-0.15, -0.1) is 0 Å². The molecule has 2 aromatic carbocycles. The fourth-order valence-corrected chi connectivity index (χ4v) is 2.90. The van der Waals surface area contributed by atoms with Crippen LogP contribution in [0.1, 0.15) is 24.1 Å². The van der Waals surface area contributed by atoms with Crippen molar-refractivity contribution in [3.8, 4) is 5.75 Å². The number of hydrogen-bond donors (Lipinski definition) is 0. The van der Waals surface area contributed by atoms with Gasteiger partial charge < -0.3 is 9.47 Å². The van der Waals surface area contributed by atoms with Crippen LogP contribution in [-0.2, 0) is 4.74 Å². The summed E-state index contributed by atoms with van der Waals surface area (Å²) in [4.78, 5) is 4.35. The van der Waals surface area contributed by atoms with Crippen LogP contribution >= 0.6 is 22.6 Å². The molecule has 1 heterocycles. The summed E-state index contributed by atoms with van der Waals surface area (Å²) in [7, 11) is 0. The Morgan fingerprint density at radius 3 is 2.70 bits per heavy atom. The van der Waals surface area contributed by atoms with Crippen LogP contribution in [0.15, 0.2) is 41.4 Å². The van der Waals surface area contributed by atoms with Gasteiger partial charge in [-0.2, -0.15) is 0 Å². The summed E-state index contributed by atoms with van der Waals surface area (Å²) in [6.07, 6.45) is 0. The molecule has 1 unspecified atom stereocenters. The number of aliphatic imine (C=N–C) groups is 1. The highest BCUT2D eigenvalue weighted by atomic mass is 127. The molecule has 23 heavy (non-hydrogen) atoms. The number of nitrogens with zero attached hydrogens (tertiary/aromatic N) is 1. The Kier molecular flexibility index (Phi) is 4.79. The molecule has 0 radical (unpaired) electrons. The molecule has 0 aromatic heterocycles. The SMILES string of the molecule is CCOc1cc(I)ccc1C1COC(c2c(F)cccc2F)=N1. The van der Waals surface area contributed by atoms with Gasteiger partial charge in [-0.3, -0.25) is 0 Å². The van der Waals surface area contributed by atoms with Crippen molar-refractivity contribution in [1.82, 2.24) is 0 Å². The van der Waals surface area contributed by atoms with Crippen molar-refractivity contribution in [2.45, 2.75) is 13.0 Å². The third-order valence-electron chi connectivity index (χ3n) is 3.46. The molecule has 0 N–H and O–H groups in total. The van der Waals surface area contributed by atoms with E-state index < -0.39 is 11.6 Å². The maximum atomic E-state index is 13.9. The average molecular weight is 429 g/mol. The zero-order valence-corrected chi connectivity index (χ0v) is 14.5. The molecule has 0 fully saturated rings. The second kappa shape index (κ2) is 6.82.